The summed E-state index contributed by atoms with van der Waals surface area (Å²) in [5.74, 6) is 1.04. The van der Waals surface area contributed by atoms with Crippen LogP contribution in [-0.4, -0.2) is 66.6 Å². The van der Waals surface area contributed by atoms with E-state index in [-0.39, 0.29) is 24.0 Å². The lowest BCUT2D eigenvalue weighted by atomic mass is 10.1. The third-order valence-corrected chi connectivity index (χ3v) is 5.98. The molecule has 0 bridgehead atoms. The van der Waals surface area contributed by atoms with Gasteiger partial charge in [-0.2, -0.15) is 0 Å². The molecule has 28 heavy (non-hydrogen) atoms. The lowest BCUT2D eigenvalue weighted by Gasteiger charge is -2.25. The SMILES string of the molecule is CCc1cccc2c(CCNC(=NC)N3CCC(N4CC=CC4)C3)c[nH]c12.I. The molecule has 0 radical (unpaired) electrons. The number of hydrogen-bond donors (Lipinski definition) is 2. The summed E-state index contributed by atoms with van der Waals surface area (Å²) in [5, 5.41) is 4.94. The number of nitrogens with one attached hydrogen (secondary N) is 2. The number of benzene rings is 1. The molecule has 2 N–H and O–H groups in total. The van der Waals surface area contributed by atoms with Crippen molar-refractivity contribution in [1.29, 1.82) is 0 Å². The quantitative estimate of drug-likeness (QED) is 0.291. The molecule has 6 heteroatoms. The van der Waals surface area contributed by atoms with Crippen molar-refractivity contribution >= 4 is 40.8 Å². The molecule has 1 aromatic carbocycles. The monoisotopic (exact) mass is 493 g/mol. The summed E-state index contributed by atoms with van der Waals surface area (Å²) >= 11 is 0. The van der Waals surface area contributed by atoms with Crippen molar-refractivity contribution < 1.29 is 0 Å². The Morgan fingerprint density at radius 2 is 2.07 bits per heavy atom. The Labute approximate surface area is 185 Å². The first-order valence-electron chi connectivity index (χ1n) is 10.2. The summed E-state index contributed by atoms with van der Waals surface area (Å²) in [4.78, 5) is 13.0. The van der Waals surface area contributed by atoms with Crippen LogP contribution in [0.4, 0.5) is 0 Å². The van der Waals surface area contributed by atoms with Crippen molar-refractivity contribution in [1.82, 2.24) is 20.1 Å². The van der Waals surface area contributed by atoms with Crippen LogP contribution in [0.5, 0.6) is 0 Å². The zero-order valence-electron chi connectivity index (χ0n) is 16.9. The highest BCUT2D eigenvalue weighted by Crippen LogP contribution is 2.22. The van der Waals surface area contributed by atoms with Gasteiger partial charge in [-0.3, -0.25) is 9.89 Å². The molecular weight excluding hydrogens is 461 g/mol. The molecule has 0 saturated carbocycles. The van der Waals surface area contributed by atoms with E-state index in [0.717, 1.165) is 51.5 Å². The molecule has 0 aliphatic carbocycles. The summed E-state index contributed by atoms with van der Waals surface area (Å²) in [6, 6.07) is 7.26. The summed E-state index contributed by atoms with van der Waals surface area (Å²) in [6.07, 6.45) is 10.0. The molecule has 2 aromatic rings. The molecule has 1 atom stereocenters. The fourth-order valence-corrected chi connectivity index (χ4v) is 4.44. The third kappa shape index (κ3) is 4.38. The van der Waals surface area contributed by atoms with Gasteiger partial charge in [0, 0.05) is 62.9 Å². The van der Waals surface area contributed by atoms with Gasteiger partial charge in [0.05, 0.1) is 0 Å². The van der Waals surface area contributed by atoms with Crippen LogP contribution in [0.2, 0.25) is 0 Å². The number of halogens is 1. The highest BCUT2D eigenvalue weighted by molar-refractivity contribution is 14.0. The van der Waals surface area contributed by atoms with E-state index in [2.05, 4.69) is 68.6 Å². The number of nitrogens with zero attached hydrogens (tertiary/aromatic N) is 3. The van der Waals surface area contributed by atoms with Gasteiger partial charge in [0.25, 0.3) is 0 Å². The number of likely N-dealkylation sites (tertiary alicyclic amines) is 1. The first-order valence-corrected chi connectivity index (χ1v) is 10.2. The zero-order chi connectivity index (χ0) is 18.6. The van der Waals surface area contributed by atoms with Crippen LogP contribution in [0.1, 0.15) is 24.5 Å². The Kier molecular flexibility index (Phi) is 7.40. The number of hydrogen-bond acceptors (Lipinski definition) is 2. The Bertz CT molecular complexity index is 833. The third-order valence-electron chi connectivity index (χ3n) is 5.98. The van der Waals surface area contributed by atoms with Gasteiger partial charge in [0.2, 0.25) is 0 Å². The summed E-state index contributed by atoms with van der Waals surface area (Å²) in [7, 11) is 1.90. The Morgan fingerprint density at radius 3 is 2.82 bits per heavy atom. The van der Waals surface area contributed by atoms with Crippen LogP contribution in [-0.2, 0) is 12.8 Å². The van der Waals surface area contributed by atoms with Crippen LogP contribution in [0, 0.1) is 0 Å². The maximum Gasteiger partial charge on any atom is 0.193 e. The normalized spacial score (nSPS) is 20.1. The fraction of sp³-hybridized carbons (Fsp3) is 0.500. The summed E-state index contributed by atoms with van der Waals surface area (Å²) in [5.41, 5.74) is 4.06. The maximum atomic E-state index is 4.53. The van der Waals surface area contributed by atoms with E-state index in [1.165, 1.54) is 28.5 Å². The van der Waals surface area contributed by atoms with E-state index in [0.29, 0.717) is 6.04 Å². The predicted molar refractivity (Wildman–Crippen MR) is 129 cm³/mol. The highest BCUT2D eigenvalue weighted by Gasteiger charge is 2.29. The van der Waals surface area contributed by atoms with Crippen LogP contribution in [0.3, 0.4) is 0 Å². The van der Waals surface area contributed by atoms with Gasteiger partial charge in [-0.15, -0.1) is 24.0 Å². The summed E-state index contributed by atoms with van der Waals surface area (Å²) < 4.78 is 0. The van der Waals surface area contributed by atoms with E-state index in [1.807, 2.05) is 7.05 Å². The standard InChI is InChI=1S/C22H31N5.HI/c1-3-17-7-6-8-20-18(15-25-21(17)20)9-11-24-22(23-2)27-14-10-19(16-27)26-12-4-5-13-26;/h4-8,15,19,25H,3,9-14,16H2,1-2H3,(H,23,24);1H. The van der Waals surface area contributed by atoms with E-state index < -0.39 is 0 Å². The number of H-pyrrole nitrogens is 1. The second-order valence-corrected chi connectivity index (χ2v) is 7.54. The lowest BCUT2D eigenvalue weighted by molar-refractivity contribution is 0.259. The number of aromatic amines is 1. The molecular formula is C22H32IN5. The molecule has 1 saturated heterocycles. The number of guanidine groups is 1. The Hall–Kier alpha value is -1.54. The second-order valence-electron chi connectivity index (χ2n) is 7.54. The van der Waals surface area contributed by atoms with Crippen molar-refractivity contribution in [2.75, 3.05) is 39.8 Å². The molecule has 1 unspecified atom stereocenters. The molecule has 4 rings (SSSR count). The van der Waals surface area contributed by atoms with E-state index >= 15 is 0 Å². The molecule has 2 aliphatic heterocycles. The van der Waals surface area contributed by atoms with E-state index in [9.17, 15) is 0 Å². The largest absolute Gasteiger partial charge is 0.361 e. The molecule has 152 valence electrons. The average molecular weight is 493 g/mol. The first kappa shape index (κ1) is 21.2. The number of aryl methyl sites for hydroxylation is 1. The number of para-hydroxylation sites is 1. The predicted octanol–water partition coefficient (Wildman–Crippen LogP) is 3.41. The van der Waals surface area contributed by atoms with Crippen molar-refractivity contribution in [2.24, 2.45) is 4.99 Å². The van der Waals surface area contributed by atoms with Crippen LogP contribution < -0.4 is 5.32 Å². The van der Waals surface area contributed by atoms with Gasteiger partial charge in [-0.25, -0.2) is 0 Å². The van der Waals surface area contributed by atoms with Crippen LogP contribution >= 0.6 is 24.0 Å². The minimum Gasteiger partial charge on any atom is -0.361 e. The van der Waals surface area contributed by atoms with Crippen LogP contribution in [0.25, 0.3) is 10.9 Å². The number of aliphatic imine (C=N–C) groups is 1. The minimum atomic E-state index is 0. The second kappa shape index (κ2) is 9.78. The molecule has 0 amide bonds. The fourth-order valence-electron chi connectivity index (χ4n) is 4.44. The van der Waals surface area contributed by atoms with Crippen molar-refractivity contribution in [3.63, 3.8) is 0 Å². The van der Waals surface area contributed by atoms with Gasteiger partial charge < -0.3 is 15.2 Å². The van der Waals surface area contributed by atoms with Crippen LogP contribution in [0.15, 0.2) is 41.5 Å². The zero-order valence-corrected chi connectivity index (χ0v) is 19.3. The van der Waals surface area contributed by atoms with Gasteiger partial charge in [0.15, 0.2) is 5.96 Å². The molecule has 5 nitrogen and oxygen atoms in total. The average Bonchev–Trinajstić information content (AvgIpc) is 3.45. The molecule has 3 heterocycles. The number of aromatic nitrogens is 1. The smallest absolute Gasteiger partial charge is 0.193 e. The van der Waals surface area contributed by atoms with E-state index in [1.54, 1.807) is 0 Å². The van der Waals surface area contributed by atoms with Crippen molar-refractivity contribution in [2.45, 2.75) is 32.2 Å². The van der Waals surface area contributed by atoms with Gasteiger partial charge in [-0.1, -0.05) is 37.3 Å². The lowest BCUT2D eigenvalue weighted by Crippen LogP contribution is -2.43. The summed E-state index contributed by atoms with van der Waals surface area (Å²) in [6.45, 7) is 7.49. The van der Waals surface area contributed by atoms with E-state index in [4.69, 9.17) is 0 Å². The Morgan fingerprint density at radius 1 is 1.25 bits per heavy atom. The maximum absolute atomic E-state index is 4.53. The molecule has 1 aromatic heterocycles. The number of rotatable bonds is 5. The molecule has 2 aliphatic rings. The minimum absolute atomic E-state index is 0. The molecule has 0 spiro atoms. The van der Waals surface area contributed by atoms with Gasteiger partial charge in [0.1, 0.15) is 0 Å². The van der Waals surface area contributed by atoms with Crippen molar-refractivity contribution in [3.8, 4) is 0 Å². The first-order chi connectivity index (χ1) is 13.3. The van der Waals surface area contributed by atoms with Crippen molar-refractivity contribution in [3.05, 3.63) is 47.7 Å². The van der Waals surface area contributed by atoms with Gasteiger partial charge in [-0.05, 0) is 30.4 Å². The topological polar surface area (TPSA) is 46.7 Å². The number of fused-ring (bicyclic) bond motifs is 1. The molecule has 1 fully saturated rings. The van der Waals surface area contributed by atoms with Gasteiger partial charge >= 0.3 is 0 Å². The Balaban J connectivity index is 0.00000225. The highest BCUT2D eigenvalue weighted by atomic mass is 127.